The van der Waals surface area contributed by atoms with Crippen LogP contribution in [0.2, 0.25) is 0 Å². The molecule has 1 saturated heterocycles. The Balaban J connectivity index is 1.92. The molecular weight excluding hydrogens is 336 g/mol. The van der Waals surface area contributed by atoms with Crippen LogP contribution in [0.3, 0.4) is 0 Å². The van der Waals surface area contributed by atoms with E-state index in [1.165, 1.54) is 0 Å². The minimum Gasteiger partial charge on any atom is -0.622 e. The topological polar surface area (TPSA) is 29.3 Å². The molecule has 1 aliphatic heterocycles. The average molecular weight is 357 g/mol. The predicted octanol–water partition coefficient (Wildman–Crippen LogP) is 4.25. The maximum Gasteiger partial charge on any atom is 0.254 e. The molecule has 0 aliphatic carbocycles. The number of thiocarbonyl (C=S) groups is 1. The van der Waals surface area contributed by atoms with Crippen molar-refractivity contribution >= 4 is 34.5 Å². The molecule has 124 valence electrons. The van der Waals surface area contributed by atoms with Gasteiger partial charge in [0.2, 0.25) is 0 Å². The van der Waals surface area contributed by atoms with E-state index in [0.29, 0.717) is 6.54 Å². The molecule has 0 aromatic heterocycles. The van der Waals surface area contributed by atoms with Crippen LogP contribution in [0.15, 0.2) is 60.7 Å². The first-order chi connectivity index (χ1) is 11.5. The van der Waals surface area contributed by atoms with Crippen molar-refractivity contribution < 1.29 is 4.74 Å². The van der Waals surface area contributed by atoms with Crippen LogP contribution in [-0.4, -0.2) is 31.1 Å². The van der Waals surface area contributed by atoms with Gasteiger partial charge >= 0.3 is 0 Å². The van der Waals surface area contributed by atoms with Gasteiger partial charge in [0.15, 0.2) is 6.21 Å². The number of hydroxylamine groups is 1. The zero-order valence-electron chi connectivity index (χ0n) is 13.8. The summed E-state index contributed by atoms with van der Waals surface area (Å²) in [6.45, 7) is 4.79. The molecule has 1 aliphatic rings. The largest absolute Gasteiger partial charge is 0.622 e. The average Bonchev–Trinajstić information content (AvgIpc) is 2.78. The van der Waals surface area contributed by atoms with Crippen molar-refractivity contribution in [2.45, 2.75) is 31.3 Å². The van der Waals surface area contributed by atoms with Crippen molar-refractivity contribution in [2.24, 2.45) is 0 Å². The summed E-state index contributed by atoms with van der Waals surface area (Å²) in [5, 5.41) is 12.9. The molecule has 0 spiro atoms. The molecule has 0 saturated carbocycles. The molecule has 3 rings (SSSR count). The van der Waals surface area contributed by atoms with Crippen LogP contribution >= 0.6 is 24.0 Å². The van der Waals surface area contributed by atoms with Crippen LogP contribution in [0.5, 0.6) is 0 Å². The Morgan fingerprint density at radius 2 is 1.71 bits per heavy atom. The van der Waals surface area contributed by atoms with Gasteiger partial charge < -0.3 is 5.21 Å². The molecular formula is C19H20N2OS2. The van der Waals surface area contributed by atoms with Crippen LogP contribution < -0.4 is 0 Å². The number of hydrogen-bond acceptors (Lipinski definition) is 3. The molecule has 1 heterocycles. The first kappa shape index (κ1) is 17.0. The maximum absolute atomic E-state index is 12.9. The fraction of sp³-hybridized carbons (Fsp3) is 0.263. The van der Waals surface area contributed by atoms with E-state index in [2.05, 4.69) is 26.0 Å². The Bertz CT molecular complexity index is 744. The molecule has 1 atom stereocenters. The lowest BCUT2D eigenvalue weighted by atomic mass is 10.1. The van der Waals surface area contributed by atoms with Gasteiger partial charge in [0, 0.05) is 5.56 Å². The number of thioether (sulfide) groups is 1. The molecule has 0 amide bonds. The number of benzene rings is 2. The minimum absolute atomic E-state index is 0.279. The summed E-state index contributed by atoms with van der Waals surface area (Å²) >= 11 is 7.15. The summed E-state index contributed by atoms with van der Waals surface area (Å²) in [6, 6.07) is 19.8. The second-order valence-electron chi connectivity index (χ2n) is 6.36. The Labute approximate surface area is 152 Å². The Morgan fingerprint density at radius 3 is 2.33 bits per heavy atom. The lowest BCUT2D eigenvalue weighted by molar-refractivity contribution is -0.524. The van der Waals surface area contributed by atoms with Gasteiger partial charge in [-0.25, -0.2) is 0 Å². The third-order valence-electron chi connectivity index (χ3n) is 4.01. The molecule has 0 radical (unpaired) electrons. The van der Waals surface area contributed by atoms with Crippen LogP contribution in [0.4, 0.5) is 0 Å². The monoisotopic (exact) mass is 356 g/mol. The second kappa shape index (κ2) is 6.95. The van der Waals surface area contributed by atoms with E-state index in [0.717, 1.165) is 20.2 Å². The van der Waals surface area contributed by atoms with Crippen molar-refractivity contribution in [1.82, 2.24) is 4.90 Å². The SMILES string of the molecule is CC1(C)SC(=S)N(Cc2ccccc2)C1/[N+]([O-])=C\c1ccccc1. The molecule has 5 heteroatoms. The van der Waals surface area contributed by atoms with Gasteiger partial charge in [-0.1, -0.05) is 72.5 Å². The van der Waals surface area contributed by atoms with Crippen molar-refractivity contribution in [3.05, 3.63) is 77.0 Å². The van der Waals surface area contributed by atoms with E-state index in [4.69, 9.17) is 12.2 Å². The number of nitrogens with zero attached hydrogens (tertiary/aromatic N) is 2. The minimum atomic E-state index is -0.338. The number of rotatable bonds is 4. The molecule has 1 fully saturated rings. The molecule has 0 bridgehead atoms. The predicted molar refractivity (Wildman–Crippen MR) is 105 cm³/mol. The molecule has 1 unspecified atom stereocenters. The maximum atomic E-state index is 12.9. The molecule has 3 nitrogen and oxygen atoms in total. The lowest BCUT2D eigenvalue weighted by Crippen LogP contribution is -2.47. The van der Waals surface area contributed by atoms with Crippen LogP contribution in [0.1, 0.15) is 25.0 Å². The zero-order valence-corrected chi connectivity index (χ0v) is 15.4. The summed E-state index contributed by atoms with van der Waals surface area (Å²) in [6.07, 6.45) is 1.31. The first-order valence-electron chi connectivity index (χ1n) is 7.86. The summed E-state index contributed by atoms with van der Waals surface area (Å²) in [5.41, 5.74) is 2.04. The normalized spacial score (nSPS) is 20.4. The van der Waals surface area contributed by atoms with Gasteiger partial charge in [-0.2, -0.15) is 4.74 Å². The third-order valence-corrected chi connectivity index (χ3v) is 5.65. The summed E-state index contributed by atoms with van der Waals surface area (Å²) < 4.78 is 1.54. The molecule has 2 aromatic carbocycles. The second-order valence-corrected chi connectivity index (χ2v) is 8.65. The van der Waals surface area contributed by atoms with E-state index in [1.807, 2.05) is 53.4 Å². The van der Waals surface area contributed by atoms with Crippen LogP contribution in [0.25, 0.3) is 0 Å². The van der Waals surface area contributed by atoms with E-state index in [1.54, 1.807) is 18.0 Å². The summed E-state index contributed by atoms with van der Waals surface area (Å²) in [7, 11) is 0. The highest BCUT2D eigenvalue weighted by molar-refractivity contribution is 8.24. The molecule has 2 aromatic rings. The van der Waals surface area contributed by atoms with Gasteiger partial charge in [0.25, 0.3) is 6.17 Å². The first-order valence-corrected chi connectivity index (χ1v) is 9.09. The van der Waals surface area contributed by atoms with Gasteiger partial charge in [-0.3, -0.25) is 4.90 Å². The summed E-state index contributed by atoms with van der Waals surface area (Å²) in [4.78, 5) is 2.03. The van der Waals surface area contributed by atoms with Crippen LogP contribution in [-0.2, 0) is 6.54 Å². The Hall–Kier alpha value is -1.85. The van der Waals surface area contributed by atoms with Gasteiger partial charge in [0.05, 0.1) is 6.54 Å². The van der Waals surface area contributed by atoms with Gasteiger partial charge in [-0.15, -0.1) is 0 Å². The van der Waals surface area contributed by atoms with Crippen LogP contribution in [0, 0.1) is 5.21 Å². The number of hydrogen-bond donors (Lipinski definition) is 0. The highest BCUT2D eigenvalue weighted by Crippen LogP contribution is 2.42. The van der Waals surface area contributed by atoms with Crippen molar-refractivity contribution in [3.63, 3.8) is 0 Å². The summed E-state index contributed by atoms with van der Waals surface area (Å²) in [5.74, 6) is 0. The molecule has 0 N–H and O–H groups in total. The lowest BCUT2D eigenvalue weighted by Gasteiger charge is -2.29. The quantitative estimate of drug-likeness (QED) is 0.269. The fourth-order valence-corrected chi connectivity index (χ4v) is 4.82. The van der Waals surface area contributed by atoms with Crippen molar-refractivity contribution in [3.8, 4) is 0 Å². The highest BCUT2D eigenvalue weighted by Gasteiger charge is 2.50. The Morgan fingerprint density at radius 1 is 1.12 bits per heavy atom. The fourth-order valence-electron chi connectivity index (χ4n) is 2.94. The van der Waals surface area contributed by atoms with Gasteiger partial charge in [0.1, 0.15) is 9.07 Å². The van der Waals surface area contributed by atoms with E-state index in [9.17, 15) is 5.21 Å². The third kappa shape index (κ3) is 3.62. The zero-order chi connectivity index (χ0) is 17.2. The molecule has 24 heavy (non-hydrogen) atoms. The van der Waals surface area contributed by atoms with Crippen molar-refractivity contribution in [1.29, 1.82) is 0 Å². The highest BCUT2D eigenvalue weighted by atomic mass is 32.2. The smallest absolute Gasteiger partial charge is 0.254 e. The van der Waals surface area contributed by atoms with E-state index in [-0.39, 0.29) is 10.9 Å². The van der Waals surface area contributed by atoms with E-state index < -0.39 is 0 Å². The van der Waals surface area contributed by atoms with Gasteiger partial charge in [-0.05, 0) is 31.5 Å². The van der Waals surface area contributed by atoms with Crippen molar-refractivity contribution in [2.75, 3.05) is 0 Å². The standard InChI is InChI=1S/C19H20N2OS2/c1-19(2)17(21(22)14-16-11-7-4-8-12-16)20(18(23)24-19)13-15-9-5-3-6-10-15/h3-12,14,17H,13H2,1-2H3/b21-14+. The van der Waals surface area contributed by atoms with E-state index >= 15 is 0 Å². The Kier molecular flexibility index (Phi) is 4.92.